The van der Waals surface area contributed by atoms with E-state index in [0.29, 0.717) is 72.8 Å². The second kappa shape index (κ2) is 22.1. The molecule has 4 aliphatic carbocycles. The van der Waals surface area contributed by atoms with Gasteiger partial charge in [0.25, 0.3) is 0 Å². The van der Waals surface area contributed by atoms with Gasteiger partial charge in [-0.15, -0.1) is 0 Å². The first-order chi connectivity index (χ1) is 24.3. The highest BCUT2D eigenvalue weighted by atomic mass is 32.1. The topological polar surface area (TPSA) is 121 Å². The van der Waals surface area contributed by atoms with Crippen LogP contribution in [0, 0.1) is 46.3 Å². The van der Waals surface area contributed by atoms with Crippen LogP contribution in [0.5, 0.6) is 0 Å². The van der Waals surface area contributed by atoms with Crippen molar-refractivity contribution in [2.24, 2.45) is 63.5 Å². The first kappa shape index (κ1) is 43.1. The van der Waals surface area contributed by atoms with Gasteiger partial charge in [-0.1, -0.05) is 20.8 Å². The van der Waals surface area contributed by atoms with Gasteiger partial charge in [-0.05, 0) is 164 Å². The van der Waals surface area contributed by atoms with E-state index >= 15 is 0 Å². The van der Waals surface area contributed by atoms with Gasteiger partial charge in [0.2, 0.25) is 0 Å². The number of nitrogens with two attached hydrogens (primary N) is 3. The van der Waals surface area contributed by atoms with Crippen LogP contribution in [-0.2, 0) is 14.2 Å². The molecule has 0 aromatic heterocycles. The maximum absolute atomic E-state index is 7.04. The molecule has 7 N–H and O–H groups in total. The van der Waals surface area contributed by atoms with Gasteiger partial charge in [0.1, 0.15) is 0 Å². The summed E-state index contributed by atoms with van der Waals surface area (Å²) in [5.41, 5.74) is 18.2. The number of nitrogens with one attached hydrogen (secondary N) is 1. The minimum absolute atomic E-state index is 0.160. The Balaban J connectivity index is 1.45. The van der Waals surface area contributed by atoms with Crippen LogP contribution in [0.3, 0.4) is 0 Å². The van der Waals surface area contributed by atoms with Crippen molar-refractivity contribution in [1.29, 1.82) is 0 Å². The Morgan fingerprint density at radius 2 is 1.42 bits per heavy atom. The zero-order chi connectivity index (χ0) is 36.0. The number of nitrogens with zero attached hydrogens (tertiary/aromatic N) is 1. The average Bonchev–Trinajstić information content (AvgIpc) is 3.46. The standard InChI is InChI=1S/C40H79N5O3S2/c1-30(9-4-17-44-18-8-19-45(20-25-49)21-26-50)33-10-11-34-38-35(29-37(40(33,34)3)48-24-7-16-43)39(2)13-12-32(46-22-5-14-41)27-31(39)28-36(38)47-23-6-15-42/h30-38,44,49-50H,4-29,41-43H2,1-3H3/t30-,31?,32-,33-,34+,35+,36-,37+,38?,39+,40-/m1/s1. The third-order valence-corrected chi connectivity index (χ3v) is 14.6. The van der Waals surface area contributed by atoms with Crippen molar-refractivity contribution < 1.29 is 14.2 Å². The molecule has 0 amide bonds. The van der Waals surface area contributed by atoms with Crippen LogP contribution in [0.1, 0.15) is 104 Å². The van der Waals surface area contributed by atoms with E-state index in [2.05, 4.69) is 56.2 Å². The summed E-state index contributed by atoms with van der Waals surface area (Å²) in [5, 5.41) is 3.75. The summed E-state index contributed by atoms with van der Waals surface area (Å²) in [6.07, 6.45) is 15.9. The molecule has 2 unspecified atom stereocenters. The molecule has 0 bridgehead atoms. The molecule has 11 atom stereocenters. The van der Waals surface area contributed by atoms with Crippen molar-refractivity contribution >= 4 is 25.3 Å². The lowest BCUT2D eigenvalue weighted by Gasteiger charge is -2.65. The van der Waals surface area contributed by atoms with Crippen LogP contribution in [0.15, 0.2) is 0 Å². The number of ether oxygens (including phenoxy) is 3. The summed E-state index contributed by atoms with van der Waals surface area (Å²) in [7, 11) is 0. The molecule has 50 heavy (non-hydrogen) atoms. The summed E-state index contributed by atoms with van der Waals surface area (Å²) < 4.78 is 20.4. The molecule has 4 rings (SSSR count). The molecule has 8 nitrogen and oxygen atoms in total. The van der Waals surface area contributed by atoms with Gasteiger partial charge < -0.3 is 41.6 Å². The van der Waals surface area contributed by atoms with E-state index in [4.69, 9.17) is 31.4 Å². The first-order valence-electron chi connectivity index (χ1n) is 20.9. The largest absolute Gasteiger partial charge is 0.378 e. The van der Waals surface area contributed by atoms with Crippen molar-refractivity contribution in [2.75, 3.05) is 83.7 Å². The molecule has 0 spiro atoms. The van der Waals surface area contributed by atoms with Gasteiger partial charge >= 0.3 is 0 Å². The predicted molar refractivity (Wildman–Crippen MR) is 216 cm³/mol. The van der Waals surface area contributed by atoms with Gasteiger partial charge in [-0.25, -0.2) is 0 Å². The molecule has 4 fully saturated rings. The summed E-state index contributed by atoms with van der Waals surface area (Å²) >= 11 is 8.86. The molecular formula is C40H79N5O3S2. The van der Waals surface area contributed by atoms with E-state index in [-0.39, 0.29) is 11.5 Å². The number of thiol groups is 2. The Labute approximate surface area is 318 Å². The highest BCUT2D eigenvalue weighted by Crippen LogP contribution is 2.69. The number of fused-ring (bicyclic) bond motifs is 5. The molecule has 0 aromatic carbocycles. The summed E-state index contributed by atoms with van der Waals surface area (Å²) in [6.45, 7) is 17.7. The van der Waals surface area contributed by atoms with Crippen LogP contribution >= 0.6 is 25.3 Å². The minimum atomic E-state index is 0.160. The molecule has 0 heterocycles. The minimum Gasteiger partial charge on any atom is -0.378 e. The zero-order valence-electron chi connectivity index (χ0n) is 32.4. The second-order valence-corrected chi connectivity index (χ2v) is 17.9. The highest BCUT2D eigenvalue weighted by molar-refractivity contribution is 7.80. The molecule has 4 saturated carbocycles. The molecule has 4 aliphatic rings. The van der Waals surface area contributed by atoms with Crippen LogP contribution in [-0.4, -0.2) is 107 Å². The van der Waals surface area contributed by atoms with Crippen molar-refractivity contribution in [2.45, 2.75) is 123 Å². The van der Waals surface area contributed by atoms with E-state index in [1.54, 1.807) is 0 Å². The van der Waals surface area contributed by atoms with Crippen LogP contribution in [0.2, 0.25) is 0 Å². The predicted octanol–water partition coefficient (Wildman–Crippen LogP) is 5.62. The van der Waals surface area contributed by atoms with Crippen LogP contribution in [0.4, 0.5) is 0 Å². The van der Waals surface area contributed by atoms with E-state index in [9.17, 15) is 0 Å². The zero-order valence-corrected chi connectivity index (χ0v) is 34.2. The third-order valence-electron chi connectivity index (χ3n) is 14.2. The molecule has 0 aromatic rings. The number of hydrogen-bond acceptors (Lipinski definition) is 10. The van der Waals surface area contributed by atoms with E-state index in [1.165, 1.54) is 38.5 Å². The molecule has 294 valence electrons. The van der Waals surface area contributed by atoms with E-state index in [0.717, 1.165) is 109 Å². The number of rotatable bonds is 25. The SMILES string of the molecule is C[C@H](CCCNCCCN(CCS)CCS)[C@H]1CC[C@H]2C3[C@H](OCCCN)CC4C[C@H](OCCCN)CC[C@]4(C)[C@H]3C[C@H](OCCCN)[C@]12C. The highest BCUT2D eigenvalue weighted by Gasteiger charge is 2.66. The van der Waals surface area contributed by atoms with E-state index < -0.39 is 0 Å². The lowest BCUT2D eigenvalue weighted by Crippen LogP contribution is -2.63. The molecular weight excluding hydrogens is 663 g/mol. The lowest BCUT2D eigenvalue weighted by molar-refractivity contribution is -0.227. The third kappa shape index (κ3) is 10.8. The Bertz CT molecular complexity index is 933. The summed E-state index contributed by atoms with van der Waals surface area (Å²) in [4.78, 5) is 2.48. The molecule has 10 heteroatoms. The molecule has 0 aliphatic heterocycles. The Morgan fingerprint density at radius 1 is 0.760 bits per heavy atom. The van der Waals surface area contributed by atoms with Crippen LogP contribution < -0.4 is 22.5 Å². The molecule has 0 radical (unpaired) electrons. The summed E-state index contributed by atoms with van der Waals surface area (Å²) in [6, 6.07) is 0. The fourth-order valence-corrected chi connectivity index (χ4v) is 12.1. The normalized spacial score (nSPS) is 35.9. The maximum atomic E-state index is 7.04. The molecule has 0 saturated heterocycles. The van der Waals surface area contributed by atoms with Gasteiger partial charge in [-0.2, -0.15) is 25.3 Å². The van der Waals surface area contributed by atoms with Gasteiger partial charge in [0.15, 0.2) is 0 Å². The van der Waals surface area contributed by atoms with Gasteiger partial charge in [0, 0.05) is 49.8 Å². The lowest BCUT2D eigenvalue weighted by atomic mass is 9.43. The average molecular weight is 742 g/mol. The smallest absolute Gasteiger partial charge is 0.0637 e. The number of hydrogen-bond donors (Lipinski definition) is 6. The fraction of sp³-hybridized carbons (Fsp3) is 1.00. The van der Waals surface area contributed by atoms with Crippen molar-refractivity contribution in [3.8, 4) is 0 Å². The second-order valence-electron chi connectivity index (χ2n) is 17.0. The van der Waals surface area contributed by atoms with Gasteiger partial charge in [0.05, 0.1) is 18.3 Å². The fourth-order valence-electron chi connectivity index (χ4n) is 11.5. The maximum Gasteiger partial charge on any atom is 0.0637 e. The Hall–Kier alpha value is 0.380. The van der Waals surface area contributed by atoms with Crippen molar-refractivity contribution in [1.82, 2.24) is 10.2 Å². The Kier molecular flexibility index (Phi) is 19.0. The monoisotopic (exact) mass is 742 g/mol. The Morgan fingerprint density at radius 3 is 2.10 bits per heavy atom. The first-order valence-corrected chi connectivity index (χ1v) is 22.1. The summed E-state index contributed by atoms with van der Waals surface area (Å²) in [5.74, 6) is 5.63. The van der Waals surface area contributed by atoms with Crippen LogP contribution in [0.25, 0.3) is 0 Å². The van der Waals surface area contributed by atoms with Crippen molar-refractivity contribution in [3.05, 3.63) is 0 Å². The van der Waals surface area contributed by atoms with E-state index in [1.807, 2.05) is 0 Å². The quantitative estimate of drug-likeness (QED) is 0.0527. The van der Waals surface area contributed by atoms with Gasteiger partial charge in [-0.3, -0.25) is 0 Å². The van der Waals surface area contributed by atoms with Crippen molar-refractivity contribution in [3.63, 3.8) is 0 Å².